The van der Waals surface area contributed by atoms with E-state index in [1.165, 1.54) is 17.5 Å². The van der Waals surface area contributed by atoms with Gasteiger partial charge in [-0.25, -0.2) is 8.42 Å². The largest absolute Gasteiger partial charge is 0.384 e. The van der Waals surface area contributed by atoms with Crippen LogP contribution in [0.25, 0.3) is 10.2 Å². The highest BCUT2D eigenvalue weighted by Gasteiger charge is 2.30. The van der Waals surface area contributed by atoms with Crippen LogP contribution in [0.5, 0.6) is 0 Å². The first-order chi connectivity index (χ1) is 10.1. The third-order valence-electron chi connectivity index (χ3n) is 3.80. The maximum absolute atomic E-state index is 12.8. The van der Waals surface area contributed by atoms with Crippen LogP contribution in [0.15, 0.2) is 28.6 Å². The number of hydrogen-bond donors (Lipinski definition) is 0. The molecule has 5 nitrogen and oxygen atoms in total. The molecular formula is C14H18N2O3S2. The van der Waals surface area contributed by atoms with Crippen LogP contribution in [0.4, 0.5) is 0 Å². The van der Waals surface area contributed by atoms with Gasteiger partial charge in [0, 0.05) is 26.4 Å². The van der Waals surface area contributed by atoms with Crippen molar-refractivity contribution >= 4 is 31.6 Å². The molecule has 0 amide bonds. The smallest absolute Gasteiger partial charge is 0.244 e. The van der Waals surface area contributed by atoms with Crippen LogP contribution < -0.4 is 0 Å². The Bertz CT molecular complexity index is 725. The summed E-state index contributed by atoms with van der Waals surface area (Å²) in [5.41, 5.74) is 0.842. The summed E-state index contributed by atoms with van der Waals surface area (Å²) < 4.78 is 33.1. The molecule has 21 heavy (non-hydrogen) atoms. The van der Waals surface area contributed by atoms with Crippen LogP contribution in [0.3, 0.4) is 0 Å². The molecule has 1 unspecified atom stereocenters. The van der Waals surface area contributed by atoms with Crippen LogP contribution in [-0.2, 0) is 14.8 Å². The van der Waals surface area contributed by atoms with Crippen LogP contribution in [-0.4, -0.2) is 44.5 Å². The molecular weight excluding hydrogens is 308 g/mol. The van der Waals surface area contributed by atoms with E-state index >= 15 is 0 Å². The van der Waals surface area contributed by atoms with Gasteiger partial charge in [0.1, 0.15) is 4.90 Å². The highest BCUT2D eigenvalue weighted by atomic mass is 32.2. The van der Waals surface area contributed by atoms with E-state index in [-0.39, 0.29) is 10.8 Å². The summed E-state index contributed by atoms with van der Waals surface area (Å²) in [6, 6.07) is 3.62. The maximum atomic E-state index is 12.8. The minimum Gasteiger partial charge on any atom is -0.384 e. The molecule has 7 heteroatoms. The zero-order valence-electron chi connectivity index (χ0n) is 11.9. The molecule has 1 atom stereocenters. The third-order valence-corrected chi connectivity index (χ3v) is 6.48. The summed E-state index contributed by atoms with van der Waals surface area (Å²) in [6.07, 6.45) is 3.36. The first kappa shape index (κ1) is 14.9. The van der Waals surface area contributed by atoms with Crippen molar-refractivity contribution in [2.75, 3.05) is 26.8 Å². The molecule has 3 rings (SSSR count). The van der Waals surface area contributed by atoms with Gasteiger partial charge in [-0.15, -0.1) is 11.3 Å². The Balaban J connectivity index is 1.88. The van der Waals surface area contributed by atoms with Gasteiger partial charge in [-0.1, -0.05) is 0 Å². The highest BCUT2D eigenvalue weighted by molar-refractivity contribution is 7.89. The average molecular weight is 326 g/mol. The Labute approximate surface area is 128 Å². The molecule has 0 spiro atoms. The second-order valence-corrected chi connectivity index (χ2v) is 8.19. The number of sulfonamides is 1. The third kappa shape index (κ3) is 2.96. The summed E-state index contributed by atoms with van der Waals surface area (Å²) in [7, 11) is -1.81. The van der Waals surface area contributed by atoms with E-state index in [1.807, 2.05) is 11.4 Å². The second kappa shape index (κ2) is 6.00. The standard InChI is InChI=1S/C14H18N2O3S2/c1-19-10-11-3-2-5-16(9-11)21(17,18)12-7-14-13(15-8-12)4-6-20-14/h4,6-8,11H,2-3,5,9-10H2,1H3. The van der Waals surface area contributed by atoms with E-state index in [4.69, 9.17) is 4.74 Å². The van der Waals surface area contributed by atoms with E-state index in [9.17, 15) is 8.42 Å². The fourth-order valence-electron chi connectivity index (χ4n) is 2.74. The minimum atomic E-state index is -3.46. The molecule has 0 aliphatic carbocycles. The van der Waals surface area contributed by atoms with Crippen LogP contribution in [0.2, 0.25) is 0 Å². The van der Waals surface area contributed by atoms with Crippen molar-refractivity contribution in [3.63, 3.8) is 0 Å². The Kier molecular flexibility index (Phi) is 4.26. The summed E-state index contributed by atoms with van der Waals surface area (Å²) in [5.74, 6) is 0.275. The lowest BCUT2D eigenvalue weighted by atomic mass is 10.0. The number of nitrogens with zero attached hydrogens (tertiary/aromatic N) is 2. The van der Waals surface area contributed by atoms with Crippen LogP contribution >= 0.6 is 11.3 Å². The van der Waals surface area contributed by atoms with Crippen molar-refractivity contribution in [1.29, 1.82) is 0 Å². The van der Waals surface area contributed by atoms with Gasteiger partial charge in [-0.2, -0.15) is 4.31 Å². The van der Waals surface area contributed by atoms with Gasteiger partial charge in [-0.05, 0) is 36.3 Å². The lowest BCUT2D eigenvalue weighted by Crippen LogP contribution is -2.41. The highest BCUT2D eigenvalue weighted by Crippen LogP contribution is 2.27. The summed E-state index contributed by atoms with van der Waals surface area (Å²) >= 11 is 1.51. The van der Waals surface area contributed by atoms with Crippen molar-refractivity contribution in [2.24, 2.45) is 5.92 Å². The number of pyridine rings is 1. The summed E-state index contributed by atoms with van der Waals surface area (Å²) in [5, 5.41) is 1.92. The topological polar surface area (TPSA) is 59.5 Å². The van der Waals surface area contributed by atoms with Gasteiger partial charge in [0.25, 0.3) is 0 Å². The van der Waals surface area contributed by atoms with E-state index in [0.717, 1.165) is 23.1 Å². The summed E-state index contributed by atoms with van der Waals surface area (Å²) in [6.45, 7) is 1.71. The monoisotopic (exact) mass is 326 g/mol. The van der Waals surface area contributed by atoms with E-state index in [2.05, 4.69) is 4.98 Å². The molecule has 0 saturated carbocycles. The normalized spacial score (nSPS) is 20.9. The molecule has 1 saturated heterocycles. The van der Waals surface area contributed by atoms with Crippen molar-refractivity contribution in [2.45, 2.75) is 17.7 Å². The molecule has 3 heterocycles. The van der Waals surface area contributed by atoms with Gasteiger partial charge in [0.05, 0.1) is 16.8 Å². The SMILES string of the molecule is COCC1CCCN(S(=O)(=O)c2cnc3ccsc3c2)C1. The van der Waals surface area contributed by atoms with Gasteiger partial charge >= 0.3 is 0 Å². The second-order valence-electron chi connectivity index (χ2n) is 5.30. The van der Waals surface area contributed by atoms with E-state index in [0.29, 0.717) is 19.7 Å². The van der Waals surface area contributed by atoms with Crippen LogP contribution in [0.1, 0.15) is 12.8 Å². The zero-order chi connectivity index (χ0) is 14.9. The van der Waals surface area contributed by atoms with Crippen molar-refractivity contribution in [1.82, 2.24) is 9.29 Å². The molecule has 1 aliphatic heterocycles. The minimum absolute atomic E-state index is 0.275. The number of fused-ring (bicyclic) bond motifs is 1. The van der Waals surface area contributed by atoms with Crippen molar-refractivity contribution in [3.8, 4) is 0 Å². The predicted octanol–water partition coefficient (Wildman–Crippen LogP) is 2.34. The summed E-state index contributed by atoms with van der Waals surface area (Å²) in [4.78, 5) is 4.53. The number of aromatic nitrogens is 1. The molecule has 0 N–H and O–H groups in total. The molecule has 114 valence electrons. The average Bonchev–Trinajstić information content (AvgIpc) is 2.95. The number of thiophene rings is 1. The van der Waals surface area contributed by atoms with Gasteiger partial charge in [-0.3, -0.25) is 4.98 Å². The van der Waals surface area contributed by atoms with Crippen LogP contribution in [0, 0.1) is 5.92 Å². The predicted molar refractivity (Wildman–Crippen MR) is 83.0 cm³/mol. The molecule has 2 aromatic rings. The quantitative estimate of drug-likeness (QED) is 0.865. The lowest BCUT2D eigenvalue weighted by molar-refractivity contribution is 0.118. The van der Waals surface area contributed by atoms with E-state index < -0.39 is 10.0 Å². The fourth-order valence-corrected chi connectivity index (χ4v) is 5.12. The number of methoxy groups -OCH3 is 1. The van der Waals surface area contributed by atoms with Gasteiger partial charge < -0.3 is 4.74 Å². The maximum Gasteiger partial charge on any atom is 0.244 e. The number of hydrogen-bond acceptors (Lipinski definition) is 5. The van der Waals surface area contributed by atoms with E-state index in [1.54, 1.807) is 17.5 Å². The first-order valence-corrected chi connectivity index (χ1v) is 9.25. The van der Waals surface area contributed by atoms with Gasteiger partial charge in [0.15, 0.2) is 0 Å². The number of rotatable bonds is 4. The Morgan fingerprint density at radius 1 is 1.52 bits per heavy atom. The number of ether oxygens (including phenoxy) is 1. The molecule has 0 radical (unpaired) electrons. The van der Waals surface area contributed by atoms with Gasteiger partial charge in [0.2, 0.25) is 10.0 Å². The molecule has 2 aromatic heterocycles. The van der Waals surface area contributed by atoms with Crippen molar-refractivity contribution < 1.29 is 13.2 Å². The Morgan fingerprint density at radius 2 is 2.38 bits per heavy atom. The molecule has 0 bridgehead atoms. The molecule has 0 aromatic carbocycles. The lowest BCUT2D eigenvalue weighted by Gasteiger charge is -2.31. The van der Waals surface area contributed by atoms with Crippen molar-refractivity contribution in [3.05, 3.63) is 23.7 Å². The Hall–Kier alpha value is -1.02. The zero-order valence-corrected chi connectivity index (χ0v) is 13.5. The Morgan fingerprint density at radius 3 is 3.19 bits per heavy atom. The fraction of sp³-hybridized carbons (Fsp3) is 0.500. The number of piperidine rings is 1. The first-order valence-electron chi connectivity index (χ1n) is 6.93. The molecule has 1 aliphatic rings. The molecule has 1 fully saturated rings.